The number of nitrogens with zero attached hydrogens (tertiary/aromatic N) is 1. The molecular weight excluding hydrogens is 254 g/mol. The second kappa shape index (κ2) is 4.76. The van der Waals surface area contributed by atoms with Gasteiger partial charge in [0.15, 0.2) is 0 Å². The van der Waals surface area contributed by atoms with Gasteiger partial charge in [0.25, 0.3) is 5.69 Å². The summed E-state index contributed by atoms with van der Waals surface area (Å²) in [5, 5.41) is 10.9. The third kappa shape index (κ3) is 2.58. The summed E-state index contributed by atoms with van der Waals surface area (Å²) in [4.78, 5) is 10.5. The van der Waals surface area contributed by atoms with Crippen molar-refractivity contribution in [1.29, 1.82) is 0 Å². The molecule has 0 N–H and O–H groups in total. The van der Waals surface area contributed by atoms with Gasteiger partial charge in [-0.15, -0.1) is 11.6 Å². The zero-order valence-electron chi connectivity index (χ0n) is 10.5. The largest absolute Gasteiger partial charge is 0.496 e. The number of methoxy groups -OCH3 is 1. The van der Waals surface area contributed by atoms with E-state index in [4.69, 9.17) is 16.3 Å². The van der Waals surface area contributed by atoms with E-state index in [1.807, 2.05) is 13.0 Å². The van der Waals surface area contributed by atoms with Crippen LogP contribution < -0.4 is 4.74 Å². The predicted molar refractivity (Wildman–Crippen MR) is 70.3 cm³/mol. The quantitative estimate of drug-likeness (QED) is 0.467. The monoisotopic (exact) mass is 269 g/mol. The minimum atomic E-state index is -0.393. The average Bonchev–Trinajstić information content (AvgIpc) is 3.09. The van der Waals surface area contributed by atoms with Gasteiger partial charge in [-0.1, -0.05) is 0 Å². The number of halogens is 1. The zero-order valence-corrected chi connectivity index (χ0v) is 11.2. The molecule has 1 atom stereocenters. The van der Waals surface area contributed by atoms with Crippen molar-refractivity contribution in [2.45, 2.75) is 31.6 Å². The van der Waals surface area contributed by atoms with Gasteiger partial charge in [-0.25, -0.2) is 0 Å². The normalized spacial score (nSPS) is 18.2. The lowest BCUT2D eigenvalue weighted by molar-refractivity contribution is -0.385. The van der Waals surface area contributed by atoms with E-state index in [0.717, 1.165) is 24.8 Å². The number of nitro benzene ring substituents is 1. The van der Waals surface area contributed by atoms with E-state index >= 15 is 0 Å². The smallest absolute Gasteiger partial charge is 0.273 e. The molecule has 18 heavy (non-hydrogen) atoms. The number of hydrogen-bond donors (Lipinski definition) is 0. The maximum absolute atomic E-state index is 10.9. The first-order valence-electron chi connectivity index (χ1n) is 5.93. The zero-order chi connectivity index (χ0) is 13.3. The second-order valence-electron chi connectivity index (χ2n) is 4.95. The van der Waals surface area contributed by atoms with Crippen molar-refractivity contribution in [3.63, 3.8) is 0 Å². The van der Waals surface area contributed by atoms with E-state index < -0.39 is 4.92 Å². The fourth-order valence-corrected chi connectivity index (χ4v) is 2.55. The maximum Gasteiger partial charge on any atom is 0.273 e. The Balaban J connectivity index is 2.27. The Kier molecular flexibility index (Phi) is 3.48. The Labute approximate surface area is 111 Å². The van der Waals surface area contributed by atoms with Gasteiger partial charge >= 0.3 is 0 Å². The van der Waals surface area contributed by atoms with Crippen LogP contribution in [0.25, 0.3) is 0 Å². The number of benzene rings is 1. The molecule has 2 rings (SSSR count). The molecule has 98 valence electrons. The van der Waals surface area contributed by atoms with Crippen molar-refractivity contribution in [1.82, 2.24) is 0 Å². The van der Waals surface area contributed by atoms with E-state index in [1.165, 1.54) is 13.2 Å². The van der Waals surface area contributed by atoms with Gasteiger partial charge in [-0.3, -0.25) is 10.1 Å². The van der Waals surface area contributed by atoms with Crippen LogP contribution in [0.1, 0.15) is 25.3 Å². The van der Waals surface area contributed by atoms with Crippen LogP contribution in [0.5, 0.6) is 5.75 Å². The predicted octanol–water partition coefficient (Wildman–Crippen LogP) is 3.55. The Morgan fingerprint density at radius 3 is 2.61 bits per heavy atom. The van der Waals surface area contributed by atoms with Crippen molar-refractivity contribution in [2.24, 2.45) is 5.41 Å². The third-order valence-corrected chi connectivity index (χ3v) is 4.15. The van der Waals surface area contributed by atoms with Crippen LogP contribution in [0.15, 0.2) is 18.2 Å². The number of hydrogen-bond acceptors (Lipinski definition) is 3. The lowest BCUT2D eigenvalue weighted by atomic mass is 9.93. The Hall–Kier alpha value is -1.29. The van der Waals surface area contributed by atoms with Crippen molar-refractivity contribution < 1.29 is 9.66 Å². The highest BCUT2D eigenvalue weighted by molar-refractivity contribution is 6.21. The molecule has 1 unspecified atom stereocenters. The van der Waals surface area contributed by atoms with Crippen molar-refractivity contribution in [2.75, 3.05) is 7.11 Å². The summed E-state index contributed by atoms with van der Waals surface area (Å²) in [6, 6.07) is 4.90. The highest BCUT2D eigenvalue weighted by Crippen LogP contribution is 2.53. The number of nitro groups is 1. The molecule has 0 bridgehead atoms. The molecule has 4 nitrogen and oxygen atoms in total. The summed E-state index contributed by atoms with van der Waals surface area (Å²) >= 11 is 6.19. The highest BCUT2D eigenvalue weighted by Gasteiger charge is 2.46. The number of alkyl halides is 1. The summed E-state index contributed by atoms with van der Waals surface area (Å²) in [7, 11) is 1.51. The van der Waals surface area contributed by atoms with Crippen LogP contribution in [0.2, 0.25) is 0 Å². The van der Waals surface area contributed by atoms with E-state index in [2.05, 4.69) is 0 Å². The van der Waals surface area contributed by atoms with Crippen LogP contribution in [-0.4, -0.2) is 17.4 Å². The first-order valence-corrected chi connectivity index (χ1v) is 6.37. The Morgan fingerprint density at radius 2 is 2.17 bits per heavy atom. The molecule has 0 heterocycles. The van der Waals surface area contributed by atoms with Crippen LogP contribution in [-0.2, 0) is 6.42 Å². The third-order valence-electron chi connectivity index (χ3n) is 3.69. The van der Waals surface area contributed by atoms with Crippen molar-refractivity contribution >= 4 is 17.3 Å². The molecule has 0 aliphatic heterocycles. The molecule has 1 saturated carbocycles. The average molecular weight is 270 g/mol. The molecule has 1 aliphatic carbocycles. The van der Waals surface area contributed by atoms with Crippen LogP contribution in [0.3, 0.4) is 0 Å². The fraction of sp³-hybridized carbons (Fsp3) is 0.538. The number of ether oxygens (including phenoxy) is 1. The molecule has 0 amide bonds. The summed E-state index contributed by atoms with van der Waals surface area (Å²) in [5.41, 5.74) is 1.11. The number of non-ortho nitro benzene ring substituents is 1. The lowest BCUT2D eigenvalue weighted by Gasteiger charge is -2.18. The summed E-state index contributed by atoms with van der Waals surface area (Å²) in [5.74, 6) is 0.525. The molecule has 1 aliphatic rings. The van der Waals surface area contributed by atoms with Gasteiger partial charge in [-0.05, 0) is 43.2 Å². The minimum absolute atomic E-state index is 0.0716. The van der Waals surface area contributed by atoms with Crippen LogP contribution in [0, 0.1) is 15.5 Å². The number of rotatable bonds is 5. The van der Waals surface area contributed by atoms with Crippen LogP contribution in [0.4, 0.5) is 5.69 Å². The van der Waals surface area contributed by atoms with Gasteiger partial charge in [0, 0.05) is 11.4 Å². The Morgan fingerprint density at radius 1 is 1.50 bits per heavy atom. The molecule has 5 heteroatoms. The SMILES string of the molecule is COc1cc(CC2(C(C)Cl)CC2)cc([N+](=O)[O-])c1. The van der Waals surface area contributed by atoms with Gasteiger partial charge in [-0.2, -0.15) is 0 Å². The second-order valence-corrected chi connectivity index (χ2v) is 5.61. The molecule has 1 aromatic carbocycles. The first kappa shape index (κ1) is 13.1. The van der Waals surface area contributed by atoms with Gasteiger partial charge in [0.2, 0.25) is 0 Å². The molecule has 1 aromatic rings. The molecular formula is C13H16ClNO3. The van der Waals surface area contributed by atoms with E-state index in [9.17, 15) is 10.1 Å². The van der Waals surface area contributed by atoms with Crippen molar-refractivity contribution in [3.05, 3.63) is 33.9 Å². The fourth-order valence-electron chi connectivity index (χ4n) is 2.25. The van der Waals surface area contributed by atoms with E-state index in [0.29, 0.717) is 5.75 Å². The maximum atomic E-state index is 10.9. The summed E-state index contributed by atoms with van der Waals surface area (Å²) in [6.45, 7) is 1.99. The Bertz CT molecular complexity index is 469. The van der Waals surface area contributed by atoms with Crippen molar-refractivity contribution in [3.8, 4) is 5.75 Å². The molecule has 0 spiro atoms. The minimum Gasteiger partial charge on any atom is -0.496 e. The van der Waals surface area contributed by atoms with E-state index in [-0.39, 0.29) is 16.5 Å². The topological polar surface area (TPSA) is 52.4 Å². The standard InChI is InChI=1S/C13H16ClNO3/c1-9(14)13(3-4-13)8-10-5-11(15(16)17)7-12(6-10)18-2/h5-7,9H,3-4,8H2,1-2H3. The lowest BCUT2D eigenvalue weighted by Crippen LogP contribution is -2.15. The molecule has 0 saturated heterocycles. The van der Waals surface area contributed by atoms with Crippen LogP contribution >= 0.6 is 11.6 Å². The van der Waals surface area contributed by atoms with Gasteiger partial charge < -0.3 is 4.74 Å². The molecule has 1 fully saturated rings. The van der Waals surface area contributed by atoms with Gasteiger partial charge in [0.1, 0.15) is 5.75 Å². The first-order chi connectivity index (χ1) is 8.47. The summed E-state index contributed by atoms with van der Waals surface area (Å²) in [6.07, 6.45) is 2.95. The summed E-state index contributed by atoms with van der Waals surface area (Å²) < 4.78 is 5.10. The molecule has 0 aromatic heterocycles. The molecule has 0 radical (unpaired) electrons. The van der Waals surface area contributed by atoms with Gasteiger partial charge in [0.05, 0.1) is 18.1 Å². The van der Waals surface area contributed by atoms with E-state index in [1.54, 1.807) is 6.07 Å². The highest BCUT2D eigenvalue weighted by atomic mass is 35.5.